The summed E-state index contributed by atoms with van der Waals surface area (Å²) >= 11 is 3.30. The summed E-state index contributed by atoms with van der Waals surface area (Å²) in [4.78, 5) is 11.8. The zero-order chi connectivity index (χ0) is 13.0. The van der Waals surface area contributed by atoms with E-state index in [9.17, 15) is 9.18 Å². The summed E-state index contributed by atoms with van der Waals surface area (Å²) in [6.45, 7) is -0.0622. The van der Waals surface area contributed by atoms with Gasteiger partial charge in [0.25, 0.3) is 0 Å². The van der Waals surface area contributed by atoms with Gasteiger partial charge in [0.1, 0.15) is 11.6 Å². The summed E-state index contributed by atoms with van der Waals surface area (Å²) in [6, 6.07) is 12.6. The van der Waals surface area contributed by atoms with Crippen molar-refractivity contribution in [3.8, 4) is 5.75 Å². The molecule has 0 heterocycles. The number of hydrogen-bond acceptors (Lipinski definition) is 2. The molecular weight excluding hydrogens is 299 g/mol. The molecule has 0 aliphatic carbocycles. The molecule has 18 heavy (non-hydrogen) atoms. The summed E-state index contributed by atoms with van der Waals surface area (Å²) in [5.74, 6) is 0.0234. The van der Waals surface area contributed by atoms with E-state index in [0.717, 1.165) is 4.47 Å². The number of benzene rings is 2. The van der Waals surface area contributed by atoms with Crippen molar-refractivity contribution < 1.29 is 13.9 Å². The molecule has 0 amide bonds. The average Bonchev–Trinajstić information content (AvgIpc) is 2.38. The number of halogens is 2. The van der Waals surface area contributed by atoms with Crippen LogP contribution in [0.3, 0.4) is 0 Å². The van der Waals surface area contributed by atoms with E-state index in [1.807, 2.05) is 0 Å². The van der Waals surface area contributed by atoms with Gasteiger partial charge in [-0.15, -0.1) is 0 Å². The third kappa shape index (κ3) is 3.40. The predicted octanol–water partition coefficient (Wildman–Crippen LogP) is 3.85. The smallest absolute Gasteiger partial charge is 0.200 e. The molecule has 2 rings (SSSR count). The van der Waals surface area contributed by atoms with Gasteiger partial charge in [0.15, 0.2) is 12.4 Å². The topological polar surface area (TPSA) is 26.3 Å². The van der Waals surface area contributed by atoms with Gasteiger partial charge in [0.05, 0.1) is 0 Å². The van der Waals surface area contributed by atoms with Crippen LogP contribution in [0.4, 0.5) is 4.39 Å². The standard InChI is InChI=1S/C14H10BrFO2/c15-11-3-1-10(2-4-11)14(17)9-18-13-7-5-12(16)6-8-13/h1-8H,9H2. The van der Waals surface area contributed by atoms with E-state index in [1.165, 1.54) is 24.3 Å². The SMILES string of the molecule is O=C(COc1ccc(F)cc1)c1ccc(Br)cc1. The lowest BCUT2D eigenvalue weighted by molar-refractivity contribution is 0.0921. The summed E-state index contributed by atoms with van der Waals surface area (Å²) in [5, 5.41) is 0. The zero-order valence-electron chi connectivity index (χ0n) is 9.40. The minimum atomic E-state index is -0.332. The molecule has 0 aliphatic rings. The lowest BCUT2D eigenvalue weighted by Crippen LogP contribution is -2.11. The van der Waals surface area contributed by atoms with Crippen LogP contribution in [-0.4, -0.2) is 12.4 Å². The first-order chi connectivity index (χ1) is 8.65. The van der Waals surface area contributed by atoms with Crippen LogP contribution in [-0.2, 0) is 0 Å². The fourth-order valence-corrected chi connectivity index (χ4v) is 1.66. The second kappa shape index (κ2) is 5.78. The fourth-order valence-electron chi connectivity index (χ4n) is 1.40. The largest absolute Gasteiger partial charge is 0.485 e. The number of ketones is 1. The number of ether oxygens (including phenoxy) is 1. The van der Waals surface area contributed by atoms with E-state index < -0.39 is 0 Å². The highest BCUT2D eigenvalue weighted by Gasteiger charge is 2.06. The maximum Gasteiger partial charge on any atom is 0.200 e. The molecule has 0 aromatic heterocycles. The first-order valence-corrected chi connectivity index (χ1v) is 6.11. The molecule has 0 bridgehead atoms. The van der Waals surface area contributed by atoms with Crippen molar-refractivity contribution in [2.24, 2.45) is 0 Å². The van der Waals surface area contributed by atoms with Crippen LogP contribution in [0.25, 0.3) is 0 Å². The molecule has 0 atom stereocenters. The minimum Gasteiger partial charge on any atom is -0.485 e. The molecule has 0 saturated heterocycles. The molecule has 0 N–H and O–H groups in total. The number of carbonyl (C=O) groups is 1. The van der Waals surface area contributed by atoms with Gasteiger partial charge < -0.3 is 4.74 Å². The normalized spacial score (nSPS) is 10.1. The van der Waals surface area contributed by atoms with E-state index in [0.29, 0.717) is 11.3 Å². The van der Waals surface area contributed by atoms with Crippen molar-refractivity contribution >= 4 is 21.7 Å². The summed E-state index contributed by atoms with van der Waals surface area (Å²) in [7, 11) is 0. The van der Waals surface area contributed by atoms with Crippen LogP contribution in [0, 0.1) is 5.82 Å². The Morgan fingerprint density at radius 2 is 1.67 bits per heavy atom. The van der Waals surface area contributed by atoms with Crippen molar-refractivity contribution in [1.29, 1.82) is 0 Å². The van der Waals surface area contributed by atoms with E-state index in [4.69, 9.17) is 4.74 Å². The van der Waals surface area contributed by atoms with Gasteiger partial charge in [0.2, 0.25) is 0 Å². The molecule has 2 nitrogen and oxygen atoms in total. The van der Waals surface area contributed by atoms with E-state index >= 15 is 0 Å². The Hall–Kier alpha value is -1.68. The van der Waals surface area contributed by atoms with Gasteiger partial charge in [-0.25, -0.2) is 4.39 Å². The Morgan fingerprint density at radius 3 is 2.28 bits per heavy atom. The van der Waals surface area contributed by atoms with Crippen molar-refractivity contribution in [3.63, 3.8) is 0 Å². The second-order valence-corrected chi connectivity index (χ2v) is 4.59. The highest BCUT2D eigenvalue weighted by Crippen LogP contribution is 2.13. The van der Waals surface area contributed by atoms with Gasteiger partial charge in [-0.2, -0.15) is 0 Å². The molecule has 92 valence electrons. The van der Waals surface area contributed by atoms with Crippen molar-refractivity contribution in [2.45, 2.75) is 0 Å². The van der Waals surface area contributed by atoms with Crippen LogP contribution in [0.15, 0.2) is 53.0 Å². The van der Waals surface area contributed by atoms with Crippen molar-refractivity contribution in [2.75, 3.05) is 6.61 Å². The average molecular weight is 309 g/mol. The second-order valence-electron chi connectivity index (χ2n) is 3.67. The molecule has 0 aliphatic heterocycles. The molecule has 0 spiro atoms. The molecule has 4 heteroatoms. The van der Waals surface area contributed by atoms with Gasteiger partial charge in [-0.05, 0) is 36.4 Å². The Kier molecular flexibility index (Phi) is 4.10. The lowest BCUT2D eigenvalue weighted by Gasteiger charge is -2.05. The lowest BCUT2D eigenvalue weighted by atomic mass is 10.1. The van der Waals surface area contributed by atoms with Gasteiger partial charge in [0, 0.05) is 10.0 Å². The first kappa shape index (κ1) is 12.8. The van der Waals surface area contributed by atoms with Crippen LogP contribution in [0.1, 0.15) is 10.4 Å². The van der Waals surface area contributed by atoms with Crippen LogP contribution in [0.2, 0.25) is 0 Å². The van der Waals surface area contributed by atoms with Gasteiger partial charge in [-0.3, -0.25) is 4.79 Å². The Labute approximate surface area is 113 Å². The highest BCUT2D eigenvalue weighted by atomic mass is 79.9. The fraction of sp³-hybridized carbons (Fsp3) is 0.0714. The molecule has 0 unspecified atom stereocenters. The van der Waals surface area contributed by atoms with E-state index in [1.54, 1.807) is 24.3 Å². The number of carbonyl (C=O) groups excluding carboxylic acids is 1. The molecule has 0 fully saturated rings. The summed E-state index contributed by atoms with van der Waals surface area (Å²) < 4.78 is 18.9. The molecular formula is C14H10BrFO2. The molecule has 0 saturated carbocycles. The van der Waals surface area contributed by atoms with Crippen LogP contribution < -0.4 is 4.74 Å². The number of rotatable bonds is 4. The summed E-state index contributed by atoms with van der Waals surface area (Å²) in [6.07, 6.45) is 0. The zero-order valence-corrected chi connectivity index (χ0v) is 11.0. The predicted molar refractivity (Wildman–Crippen MR) is 70.4 cm³/mol. The highest BCUT2D eigenvalue weighted by molar-refractivity contribution is 9.10. The minimum absolute atomic E-state index is 0.0622. The molecule has 2 aromatic rings. The molecule has 0 radical (unpaired) electrons. The first-order valence-electron chi connectivity index (χ1n) is 5.32. The third-order valence-electron chi connectivity index (χ3n) is 2.35. The van der Waals surface area contributed by atoms with Crippen LogP contribution >= 0.6 is 15.9 Å². The maximum absolute atomic E-state index is 12.7. The van der Waals surface area contributed by atoms with Crippen molar-refractivity contribution in [1.82, 2.24) is 0 Å². The summed E-state index contributed by atoms with van der Waals surface area (Å²) in [5.41, 5.74) is 0.584. The van der Waals surface area contributed by atoms with Crippen molar-refractivity contribution in [3.05, 3.63) is 64.4 Å². The quantitative estimate of drug-likeness (QED) is 0.802. The molecule has 2 aromatic carbocycles. The van der Waals surface area contributed by atoms with Crippen LogP contribution in [0.5, 0.6) is 5.75 Å². The Morgan fingerprint density at radius 1 is 1.06 bits per heavy atom. The Balaban J connectivity index is 1.96. The Bertz CT molecular complexity index is 535. The monoisotopic (exact) mass is 308 g/mol. The maximum atomic E-state index is 12.7. The van der Waals surface area contributed by atoms with E-state index in [-0.39, 0.29) is 18.2 Å². The number of hydrogen-bond donors (Lipinski definition) is 0. The van der Waals surface area contributed by atoms with E-state index in [2.05, 4.69) is 15.9 Å². The van der Waals surface area contributed by atoms with Gasteiger partial charge >= 0.3 is 0 Å². The third-order valence-corrected chi connectivity index (χ3v) is 2.88. The van der Waals surface area contributed by atoms with Gasteiger partial charge in [-0.1, -0.05) is 28.1 Å². The number of Topliss-reactive ketones (excluding diaryl/α,β-unsaturated/α-hetero) is 1.